The molecule has 0 amide bonds. The number of aromatic hydroxyl groups is 2. The van der Waals surface area contributed by atoms with E-state index in [0.717, 1.165) is 0 Å². The second-order valence-electron chi connectivity index (χ2n) is 3.86. The van der Waals surface area contributed by atoms with Crippen LogP contribution in [0.3, 0.4) is 0 Å². The van der Waals surface area contributed by atoms with Crippen LogP contribution in [0.1, 0.15) is 0 Å². The third-order valence-corrected chi connectivity index (χ3v) is 2.82. The van der Waals surface area contributed by atoms with Crippen molar-refractivity contribution in [2.24, 2.45) is 0 Å². The number of nitrogen functional groups attached to an aromatic ring is 2. The van der Waals surface area contributed by atoms with Gasteiger partial charge in [-0.05, 0) is 24.3 Å². The van der Waals surface area contributed by atoms with Crippen molar-refractivity contribution in [3.05, 3.63) is 24.3 Å². The second-order valence-corrected chi connectivity index (χ2v) is 3.86. The molecule has 6 N–H and O–H groups in total. The molecule has 5 nitrogen and oxygen atoms in total. The van der Waals surface area contributed by atoms with Crippen LogP contribution in [0.4, 0.5) is 11.4 Å². The lowest BCUT2D eigenvalue weighted by molar-refractivity contribution is 0.460. The summed E-state index contributed by atoms with van der Waals surface area (Å²) in [7, 11) is 0. The Morgan fingerprint density at radius 1 is 0.765 bits per heavy atom. The van der Waals surface area contributed by atoms with Gasteiger partial charge in [0, 0.05) is 10.8 Å². The summed E-state index contributed by atoms with van der Waals surface area (Å²) in [6, 6.07) is 6.62. The summed E-state index contributed by atoms with van der Waals surface area (Å²) in [6.07, 6.45) is 0. The Kier molecular flexibility index (Phi) is 1.69. The van der Waals surface area contributed by atoms with Crippen LogP contribution >= 0.6 is 0 Å². The van der Waals surface area contributed by atoms with Crippen LogP contribution in [0.2, 0.25) is 0 Å². The predicted molar refractivity (Wildman–Crippen MR) is 65.9 cm³/mol. The Morgan fingerprint density at radius 2 is 1.18 bits per heavy atom. The maximum atomic E-state index is 9.79. The van der Waals surface area contributed by atoms with Gasteiger partial charge < -0.3 is 26.1 Å². The van der Waals surface area contributed by atoms with E-state index in [4.69, 9.17) is 15.9 Å². The van der Waals surface area contributed by atoms with E-state index in [-0.39, 0.29) is 34.0 Å². The van der Waals surface area contributed by atoms with Crippen molar-refractivity contribution in [3.63, 3.8) is 0 Å². The molecule has 3 aromatic rings. The zero-order chi connectivity index (χ0) is 12.2. The molecule has 0 aliphatic rings. The van der Waals surface area contributed by atoms with Crippen LogP contribution in [0, 0.1) is 0 Å². The number of rotatable bonds is 0. The third-order valence-electron chi connectivity index (χ3n) is 2.82. The van der Waals surface area contributed by atoms with E-state index in [0.29, 0.717) is 10.8 Å². The summed E-state index contributed by atoms with van der Waals surface area (Å²) < 4.78 is 5.42. The van der Waals surface area contributed by atoms with Crippen molar-refractivity contribution in [2.75, 3.05) is 11.5 Å². The molecule has 17 heavy (non-hydrogen) atoms. The highest BCUT2D eigenvalue weighted by Gasteiger charge is 2.16. The van der Waals surface area contributed by atoms with Crippen molar-refractivity contribution in [2.45, 2.75) is 0 Å². The average molecular weight is 230 g/mol. The van der Waals surface area contributed by atoms with Gasteiger partial charge in [-0.25, -0.2) is 0 Å². The lowest BCUT2D eigenvalue weighted by Gasteiger charge is -1.97. The van der Waals surface area contributed by atoms with E-state index < -0.39 is 0 Å². The SMILES string of the molecule is Nc1ccc2c(oc3c(O)c(N)ccc32)c1O. The van der Waals surface area contributed by atoms with Crippen LogP contribution in [0.5, 0.6) is 11.5 Å². The normalized spacial score (nSPS) is 11.3. The molecule has 0 bridgehead atoms. The summed E-state index contributed by atoms with van der Waals surface area (Å²) in [5.74, 6) is -0.256. The molecule has 1 heterocycles. The third kappa shape index (κ3) is 1.13. The molecule has 5 heteroatoms. The number of fused-ring (bicyclic) bond motifs is 3. The minimum atomic E-state index is -0.128. The number of anilines is 2. The molecule has 1 aromatic heterocycles. The van der Waals surface area contributed by atoms with Gasteiger partial charge >= 0.3 is 0 Å². The maximum Gasteiger partial charge on any atom is 0.182 e. The van der Waals surface area contributed by atoms with Gasteiger partial charge in [0.25, 0.3) is 0 Å². The zero-order valence-electron chi connectivity index (χ0n) is 8.77. The number of benzene rings is 2. The number of nitrogens with two attached hydrogens (primary N) is 2. The largest absolute Gasteiger partial charge is 0.503 e. The number of furan rings is 1. The zero-order valence-corrected chi connectivity index (χ0v) is 8.77. The predicted octanol–water partition coefficient (Wildman–Crippen LogP) is 2.16. The van der Waals surface area contributed by atoms with Gasteiger partial charge in [0.05, 0.1) is 11.4 Å². The Labute approximate surface area is 95.9 Å². The van der Waals surface area contributed by atoms with E-state index >= 15 is 0 Å². The molecule has 0 atom stereocenters. The quantitative estimate of drug-likeness (QED) is 0.350. The molecule has 2 aromatic carbocycles. The van der Waals surface area contributed by atoms with Gasteiger partial charge in [-0.1, -0.05) is 0 Å². The standard InChI is InChI=1S/C12H10N2O3/c13-7-3-1-5-6-2-4-8(14)10(16)12(6)17-11(5)9(7)15/h1-4,15-16H,13-14H2. The van der Waals surface area contributed by atoms with E-state index in [1.807, 2.05) is 0 Å². The first-order chi connectivity index (χ1) is 8.09. The Bertz CT molecular complexity index is 684. The smallest absolute Gasteiger partial charge is 0.182 e. The minimum Gasteiger partial charge on any atom is -0.503 e. The highest BCUT2D eigenvalue weighted by molar-refractivity contribution is 6.10. The molecule has 3 rings (SSSR count). The van der Waals surface area contributed by atoms with Crippen LogP contribution in [0.15, 0.2) is 28.7 Å². The summed E-state index contributed by atoms with van der Waals surface area (Å²) >= 11 is 0. The molecule has 0 unspecified atom stereocenters. The fraction of sp³-hybridized carbons (Fsp3) is 0. The first kappa shape index (κ1) is 9.65. The highest BCUT2D eigenvalue weighted by Crippen LogP contribution is 2.41. The van der Waals surface area contributed by atoms with Gasteiger partial charge in [0.2, 0.25) is 0 Å². The molecule has 86 valence electrons. The van der Waals surface area contributed by atoms with E-state index in [2.05, 4.69) is 0 Å². The second kappa shape index (κ2) is 2.98. The van der Waals surface area contributed by atoms with Gasteiger partial charge in [-0.2, -0.15) is 0 Å². The molecular weight excluding hydrogens is 220 g/mol. The summed E-state index contributed by atoms with van der Waals surface area (Å²) in [5.41, 5.74) is 12.1. The fourth-order valence-electron chi connectivity index (χ4n) is 1.91. The summed E-state index contributed by atoms with van der Waals surface area (Å²) in [5, 5.41) is 20.9. The minimum absolute atomic E-state index is 0.128. The van der Waals surface area contributed by atoms with Gasteiger partial charge in [-0.3, -0.25) is 0 Å². The van der Waals surface area contributed by atoms with E-state index in [1.165, 1.54) is 0 Å². The number of phenols is 2. The first-order valence-corrected chi connectivity index (χ1v) is 5.00. The van der Waals surface area contributed by atoms with Gasteiger partial charge in [0.15, 0.2) is 22.7 Å². The van der Waals surface area contributed by atoms with Crippen molar-refractivity contribution < 1.29 is 14.6 Å². The number of phenolic OH excluding ortho intramolecular Hbond substituents is 2. The van der Waals surface area contributed by atoms with Crippen molar-refractivity contribution >= 4 is 33.3 Å². The van der Waals surface area contributed by atoms with Crippen molar-refractivity contribution in [1.29, 1.82) is 0 Å². The average Bonchev–Trinajstić information content (AvgIpc) is 2.69. The number of hydrogen-bond acceptors (Lipinski definition) is 5. The lowest BCUT2D eigenvalue weighted by atomic mass is 10.1. The topological polar surface area (TPSA) is 106 Å². The Hall–Kier alpha value is -2.56. The fourth-order valence-corrected chi connectivity index (χ4v) is 1.91. The number of hydrogen-bond donors (Lipinski definition) is 4. The van der Waals surface area contributed by atoms with Crippen LogP contribution < -0.4 is 11.5 Å². The molecule has 0 aliphatic heterocycles. The molecular formula is C12H10N2O3. The summed E-state index contributed by atoms with van der Waals surface area (Å²) in [6.45, 7) is 0. The molecule has 0 saturated heterocycles. The van der Waals surface area contributed by atoms with Crippen LogP contribution in [0.25, 0.3) is 21.9 Å². The van der Waals surface area contributed by atoms with Crippen LogP contribution in [-0.2, 0) is 0 Å². The van der Waals surface area contributed by atoms with Crippen molar-refractivity contribution in [3.8, 4) is 11.5 Å². The summed E-state index contributed by atoms with van der Waals surface area (Å²) in [4.78, 5) is 0. The van der Waals surface area contributed by atoms with Crippen LogP contribution in [-0.4, -0.2) is 10.2 Å². The van der Waals surface area contributed by atoms with Gasteiger partial charge in [0.1, 0.15) is 0 Å². The molecule has 0 aliphatic carbocycles. The molecule has 0 spiro atoms. The lowest BCUT2D eigenvalue weighted by Crippen LogP contribution is -1.84. The van der Waals surface area contributed by atoms with E-state index in [1.54, 1.807) is 24.3 Å². The van der Waals surface area contributed by atoms with Gasteiger partial charge in [-0.15, -0.1) is 0 Å². The highest BCUT2D eigenvalue weighted by atomic mass is 16.4. The van der Waals surface area contributed by atoms with E-state index in [9.17, 15) is 10.2 Å². The maximum absolute atomic E-state index is 9.79. The van der Waals surface area contributed by atoms with Crippen molar-refractivity contribution in [1.82, 2.24) is 0 Å². The molecule has 0 saturated carbocycles. The molecule has 0 fully saturated rings. The monoisotopic (exact) mass is 230 g/mol. The Balaban J connectivity index is 2.58. The molecule has 0 radical (unpaired) electrons. The Morgan fingerprint density at radius 3 is 1.59 bits per heavy atom. The first-order valence-electron chi connectivity index (χ1n) is 5.00.